The van der Waals surface area contributed by atoms with Crippen molar-refractivity contribution in [2.24, 2.45) is 11.0 Å². The molecule has 1 atom stereocenters. The average molecular weight is 493 g/mol. The van der Waals surface area contributed by atoms with Crippen molar-refractivity contribution in [3.8, 4) is 11.3 Å². The fraction of sp³-hybridized carbons (Fsp3) is 0.194. The lowest BCUT2D eigenvalue weighted by molar-refractivity contribution is 0.0931. The number of nitrogens with one attached hydrogen (secondary N) is 1. The summed E-state index contributed by atoms with van der Waals surface area (Å²) < 4.78 is 14.3. The zero-order valence-electron chi connectivity index (χ0n) is 20.8. The Labute approximate surface area is 216 Å². The van der Waals surface area contributed by atoms with E-state index in [0.29, 0.717) is 40.4 Å². The van der Waals surface area contributed by atoms with Gasteiger partial charge in [0.2, 0.25) is 0 Å². The van der Waals surface area contributed by atoms with Gasteiger partial charge >= 0.3 is 0 Å². The third-order valence-electron chi connectivity index (χ3n) is 6.61. The number of aromatic nitrogens is 1. The van der Waals surface area contributed by atoms with Crippen LogP contribution in [0.3, 0.4) is 0 Å². The van der Waals surface area contributed by atoms with Gasteiger partial charge in [-0.15, -0.1) is 0 Å². The number of pyridine rings is 1. The molecular formula is C31H29FN4O. The van der Waals surface area contributed by atoms with Crippen molar-refractivity contribution in [2.75, 3.05) is 7.05 Å². The van der Waals surface area contributed by atoms with E-state index in [1.54, 1.807) is 23.4 Å². The van der Waals surface area contributed by atoms with Crippen molar-refractivity contribution in [1.82, 2.24) is 15.3 Å². The Balaban J connectivity index is 1.67. The number of hydrazone groups is 1. The fourth-order valence-corrected chi connectivity index (χ4v) is 4.75. The number of hydrogen-bond donors (Lipinski definition) is 1. The quantitative estimate of drug-likeness (QED) is 0.214. The highest BCUT2D eigenvalue weighted by atomic mass is 19.1. The van der Waals surface area contributed by atoms with Crippen LogP contribution >= 0.6 is 0 Å². The molecule has 0 radical (unpaired) electrons. The van der Waals surface area contributed by atoms with E-state index in [-0.39, 0.29) is 17.8 Å². The van der Waals surface area contributed by atoms with Crippen LogP contribution in [0.15, 0.2) is 96.6 Å². The molecule has 0 saturated heterocycles. The highest BCUT2D eigenvalue weighted by Gasteiger charge is 2.34. The summed E-state index contributed by atoms with van der Waals surface area (Å²) in [4.78, 5) is 19.1. The monoisotopic (exact) mass is 492 g/mol. The minimum atomic E-state index is -0.361. The predicted octanol–water partition coefficient (Wildman–Crippen LogP) is 6.53. The number of carbonyl (C=O) groups excluding carboxylic acids is 1. The van der Waals surface area contributed by atoms with Crippen molar-refractivity contribution < 1.29 is 9.18 Å². The van der Waals surface area contributed by atoms with E-state index in [2.05, 4.69) is 29.1 Å². The molecular weight excluding hydrogens is 463 g/mol. The fourth-order valence-electron chi connectivity index (χ4n) is 4.75. The Hall–Kier alpha value is -4.32. The number of fused-ring (bicyclic) bond motifs is 1. The van der Waals surface area contributed by atoms with Crippen molar-refractivity contribution in [3.05, 3.63) is 114 Å². The number of nitrogens with zero attached hydrogens (tertiary/aromatic N) is 3. The first-order valence-corrected chi connectivity index (χ1v) is 12.4. The Morgan fingerprint density at radius 1 is 1.14 bits per heavy atom. The summed E-state index contributed by atoms with van der Waals surface area (Å²) in [6.07, 6.45) is 5.35. The van der Waals surface area contributed by atoms with Crippen LogP contribution in [-0.4, -0.2) is 29.2 Å². The molecule has 1 aliphatic rings. The molecule has 1 fully saturated rings. The molecule has 5 rings (SSSR count). The zero-order chi connectivity index (χ0) is 25.8. The summed E-state index contributed by atoms with van der Waals surface area (Å²) in [6, 6.07) is 23.9. The molecule has 0 spiro atoms. The molecule has 1 saturated carbocycles. The Kier molecular flexibility index (Phi) is 7.08. The van der Waals surface area contributed by atoms with Gasteiger partial charge < -0.3 is 5.32 Å². The maximum Gasteiger partial charge on any atom is 0.252 e. The number of carbonyl (C=O) groups is 1. The van der Waals surface area contributed by atoms with E-state index in [9.17, 15) is 9.18 Å². The highest BCUT2D eigenvalue weighted by Crippen LogP contribution is 2.41. The van der Waals surface area contributed by atoms with Gasteiger partial charge in [0, 0.05) is 29.8 Å². The van der Waals surface area contributed by atoms with E-state index in [4.69, 9.17) is 4.98 Å². The van der Waals surface area contributed by atoms with Crippen LogP contribution in [0.4, 0.5) is 4.39 Å². The van der Waals surface area contributed by atoms with Crippen LogP contribution in [0.1, 0.15) is 40.4 Å². The van der Waals surface area contributed by atoms with Gasteiger partial charge in [-0.2, -0.15) is 5.10 Å². The smallest absolute Gasteiger partial charge is 0.252 e. The minimum Gasteiger partial charge on any atom is -0.345 e. The largest absolute Gasteiger partial charge is 0.345 e. The van der Waals surface area contributed by atoms with E-state index in [1.807, 2.05) is 55.6 Å². The number of rotatable bonds is 9. The van der Waals surface area contributed by atoms with E-state index in [1.165, 1.54) is 12.1 Å². The molecule has 1 aliphatic carbocycles. The van der Waals surface area contributed by atoms with E-state index < -0.39 is 0 Å². The van der Waals surface area contributed by atoms with Crippen LogP contribution in [0, 0.1) is 11.7 Å². The molecule has 1 heterocycles. The molecule has 5 nitrogen and oxygen atoms in total. The predicted molar refractivity (Wildman–Crippen MR) is 147 cm³/mol. The van der Waals surface area contributed by atoms with Gasteiger partial charge in [0.1, 0.15) is 5.82 Å². The Morgan fingerprint density at radius 2 is 1.89 bits per heavy atom. The van der Waals surface area contributed by atoms with Gasteiger partial charge in [0.15, 0.2) is 0 Å². The normalized spacial score (nSPS) is 14.0. The number of hydrogen-bond acceptors (Lipinski definition) is 4. The van der Waals surface area contributed by atoms with Crippen LogP contribution in [0.2, 0.25) is 0 Å². The van der Waals surface area contributed by atoms with Crippen molar-refractivity contribution in [1.29, 1.82) is 0 Å². The van der Waals surface area contributed by atoms with Gasteiger partial charge in [0.05, 0.1) is 29.4 Å². The van der Waals surface area contributed by atoms with Crippen molar-refractivity contribution >= 4 is 23.0 Å². The summed E-state index contributed by atoms with van der Waals surface area (Å²) in [7, 11) is 1.82. The van der Waals surface area contributed by atoms with Crippen LogP contribution in [-0.2, 0) is 6.54 Å². The summed E-state index contributed by atoms with van der Waals surface area (Å²) in [5, 5.41) is 10.2. The van der Waals surface area contributed by atoms with Gasteiger partial charge in [-0.05, 0) is 48.6 Å². The number of benzene rings is 3. The lowest BCUT2D eigenvalue weighted by Crippen LogP contribution is -2.31. The molecule has 4 aromatic rings. The second kappa shape index (κ2) is 10.7. The van der Waals surface area contributed by atoms with Crippen LogP contribution in [0.25, 0.3) is 22.2 Å². The van der Waals surface area contributed by atoms with Crippen molar-refractivity contribution in [2.45, 2.75) is 25.4 Å². The molecule has 186 valence electrons. The molecule has 0 unspecified atom stereocenters. The van der Waals surface area contributed by atoms with E-state index >= 15 is 0 Å². The van der Waals surface area contributed by atoms with Gasteiger partial charge in [0.25, 0.3) is 5.91 Å². The highest BCUT2D eigenvalue weighted by molar-refractivity contribution is 6.09. The number of allylic oxidation sites excluding steroid dienone is 1. The van der Waals surface area contributed by atoms with E-state index in [0.717, 1.165) is 23.8 Å². The van der Waals surface area contributed by atoms with Crippen molar-refractivity contribution in [3.63, 3.8) is 0 Å². The first kappa shape index (κ1) is 24.4. The maximum absolute atomic E-state index is 14.3. The van der Waals surface area contributed by atoms with Gasteiger partial charge in [-0.1, -0.05) is 67.2 Å². The maximum atomic E-state index is 14.3. The second-order valence-corrected chi connectivity index (χ2v) is 9.36. The van der Waals surface area contributed by atoms with Gasteiger partial charge in [-0.3, -0.25) is 9.80 Å². The first-order chi connectivity index (χ1) is 18.0. The molecule has 0 bridgehead atoms. The average Bonchev–Trinajstić information content (AvgIpc) is 3.76. The molecule has 1 aromatic heterocycles. The summed E-state index contributed by atoms with van der Waals surface area (Å²) in [5.41, 5.74) is 4.16. The first-order valence-electron chi connectivity index (χ1n) is 12.4. The minimum absolute atomic E-state index is 0.0809. The third-order valence-corrected chi connectivity index (χ3v) is 6.61. The number of halogens is 1. The molecule has 3 aromatic carbocycles. The van der Waals surface area contributed by atoms with Crippen LogP contribution < -0.4 is 5.32 Å². The topological polar surface area (TPSA) is 57.6 Å². The molecule has 1 N–H and O–H groups in total. The lowest BCUT2D eigenvalue weighted by Gasteiger charge is -2.23. The molecule has 1 amide bonds. The summed E-state index contributed by atoms with van der Waals surface area (Å²) in [6.45, 7) is 3.99. The van der Waals surface area contributed by atoms with Crippen LogP contribution in [0.5, 0.6) is 0 Å². The lowest BCUT2D eigenvalue weighted by atomic mass is 9.94. The summed E-state index contributed by atoms with van der Waals surface area (Å²) >= 11 is 0. The Morgan fingerprint density at radius 3 is 2.62 bits per heavy atom. The standard InChI is InChI=1S/C31H29FN4O/c1-3-18-33-36(2)20-26-28(31(37)35-29(22-16-17-22)21-10-5-4-6-11-21)25-14-7-8-15-27(25)34-30(26)23-12-9-13-24(32)19-23/h3-15,18-19,22,29H,1,16-17,20H2,2H3,(H,35,37)/b33-18-/t29-/m1/s1. The zero-order valence-corrected chi connectivity index (χ0v) is 20.8. The van der Waals surface area contributed by atoms with Gasteiger partial charge in [-0.25, -0.2) is 9.37 Å². The number of amides is 1. The molecule has 37 heavy (non-hydrogen) atoms. The second-order valence-electron chi connectivity index (χ2n) is 9.36. The molecule has 0 aliphatic heterocycles. The number of para-hydroxylation sites is 1. The summed E-state index contributed by atoms with van der Waals surface area (Å²) in [5.74, 6) is -0.126. The third kappa shape index (κ3) is 5.43. The molecule has 6 heteroatoms. The SMILES string of the molecule is C=C/C=N\N(C)Cc1c(-c2cccc(F)c2)nc2ccccc2c1C(=O)N[C@H](c1ccccc1)C1CC1. The Bertz CT molecular complexity index is 1460.